The summed E-state index contributed by atoms with van der Waals surface area (Å²) in [6.07, 6.45) is 7.57. The van der Waals surface area contributed by atoms with E-state index in [9.17, 15) is 19.5 Å². The third kappa shape index (κ3) is 5.58. The molecule has 2 heterocycles. The van der Waals surface area contributed by atoms with Gasteiger partial charge in [0, 0.05) is 42.3 Å². The van der Waals surface area contributed by atoms with E-state index in [0.717, 1.165) is 5.57 Å². The normalized spacial score (nSPS) is 41.7. The highest BCUT2D eigenvalue weighted by Gasteiger charge is 2.69. The Morgan fingerprint density at radius 1 is 1.23 bits per heavy atom. The van der Waals surface area contributed by atoms with Gasteiger partial charge in [0.05, 0.1) is 12.7 Å². The fraction of sp³-hybridized carbons (Fsp3) is 0.667. The third-order valence-corrected chi connectivity index (χ3v) is 9.85. The number of aliphatic hydroxyl groups excluding tert-OH is 1. The maximum absolute atomic E-state index is 13.5. The highest BCUT2D eigenvalue weighted by atomic mass is 16.7. The van der Waals surface area contributed by atoms with E-state index in [-0.39, 0.29) is 36.7 Å². The summed E-state index contributed by atoms with van der Waals surface area (Å²) in [6.45, 7) is 9.52. The second kappa shape index (κ2) is 12.6. The fourth-order valence-electron chi connectivity index (χ4n) is 7.72. The molecule has 236 valence electrons. The molecular weight excluding hydrogens is 556 g/mol. The SMILES string of the molecule is CCCOC(=O)O[C@H](C)[C@H]1OC(=O)[C@@H](OC)C[C@H]2C=C[C@H]3[C@H]4O[C@]2(/C(C)=C/[C@H]1C)[C@@H]3[C@H](O)[C@@H](C)[C@H]4OC(=O)C1=CC=CC1. The van der Waals surface area contributed by atoms with Gasteiger partial charge in [-0.1, -0.05) is 57.2 Å². The van der Waals surface area contributed by atoms with Gasteiger partial charge >= 0.3 is 18.1 Å². The van der Waals surface area contributed by atoms with Crippen LogP contribution in [0.1, 0.15) is 53.9 Å². The molecule has 0 aromatic heterocycles. The van der Waals surface area contributed by atoms with Crippen molar-refractivity contribution in [2.45, 2.75) is 96.1 Å². The van der Waals surface area contributed by atoms with Gasteiger partial charge in [-0.25, -0.2) is 14.4 Å². The van der Waals surface area contributed by atoms with E-state index in [4.69, 9.17) is 28.4 Å². The van der Waals surface area contributed by atoms with Crippen LogP contribution in [0, 0.1) is 29.6 Å². The molecule has 12 atom stereocenters. The maximum Gasteiger partial charge on any atom is 0.508 e. The van der Waals surface area contributed by atoms with Gasteiger partial charge in [-0.05, 0) is 38.7 Å². The Morgan fingerprint density at radius 2 is 2.00 bits per heavy atom. The summed E-state index contributed by atoms with van der Waals surface area (Å²) >= 11 is 0. The number of methoxy groups -OCH3 is 1. The molecule has 1 saturated carbocycles. The molecule has 2 aliphatic heterocycles. The second-order valence-electron chi connectivity index (χ2n) is 12.5. The lowest BCUT2D eigenvalue weighted by atomic mass is 9.57. The van der Waals surface area contributed by atoms with Gasteiger partial charge in [0.2, 0.25) is 0 Å². The molecule has 0 amide bonds. The Balaban J connectivity index is 1.50. The van der Waals surface area contributed by atoms with Crippen LogP contribution in [0.4, 0.5) is 4.79 Å². The van der Waals surface area contributed by atoms with Crippen LogP contribution in [-0.4, -0.2) is 79.1 Å². The van der Waals surface area contributed by atoms with Crippen molar-refractivity contribution in [3.63, 3.8) is 0 Å². The smallest absolute Gasteiger partial charge is 0.456 e. The van der Waals surface area contributed by atoms with Crippen molar-refractivity contribution in [3.8, 4) is 0 Å². The average molecular weight is 601 g/mol. The molecule has 1 spiro atoms. The molecule has 1 N–H and O–H groups in total. The zero-order valence-electron chi connectivity index (χ0n) is 25.8. The number of esters is 2. The molecule has 0 aromatic rings. The largest absolute Gasteiger partial charge is 0.508 e. The molecule has 10 nitrogen and oxygen atoms in total. The molecule has 2 fully saturated rings. The highest BCUT2D eigenvalue weighted by molar-refractivity contribution is 5.90. The molecule has 10 heteroatoms. The molecule has 43 heavy (non-hydrogen) atoms. The molecule has 5 aliphatic rings. The standard InChI is InChI=1S/C33H44O10/c1-7-14-39-32(37)40-20(5)27-17(2)15-18(3)33-22(16-24(38-6)31(36)41-27)12-13-23-25(33)26(34)19(4)28(29(23)43-33)42-30(35)21-10-8-9-11-21/h8-10,12-13,15,17,19-20,22-29,34H,7,11,14,16H2,1-6H3/b18-15+/t17-,19-,20-,22-,23-,24+,25+,26-,27+,28-,29-,33+/m1/s1. The molecule has 0 radical (unpaired) electrons. The third-order valence-electron chi connectivity index (χ3n) is 9.85. The summed E-state index contributed by atoms with van der Waals surface area (Å²) in [5.74, 6) is -2.62. The van der Waals surface area contributed by atoms with Gasteiger partial charge in [0.1, 0.15) is 30.0 Å². The predicted octanol–water partition coefficient (Wildman–Crippen LogP) is 4.22. The minimum atomic E-state index is -0.982. The van der Waals surface area contributed by atoms with Crippen LogP contribution in [0.25, 0.3) is 0 Å². The van der Waals surface area contributed by atoms with Crippen molar-refractivity contribution in [1.29, 1.82) is 0 Å². The molecule has 3 aliphatic carbocycles. The summed E-state index contributed by atoms with van der Waals surface area (Å²) in [5, 5.41) is 11.9. The minimum Gasteiger partial charge on any atom is -0.456 e. The minimum absolute atomic E-state index is 0.197. The van der Waals surface area contributed by atoms with Crippen LogP contribution in [-0.2, 0) is 38.0 Å². The lowest BCUT2D eigenvalue weighted by Gasteiger charge is -2.48. The van der Waals surface area contributed by atoms with Crippen LogP contribution < -0.4 is 0 Å². The highest BCUT2D eigenvalue weighted by Crippen LogP contribution is 2.61. The predicted molar refractivity (Wildman–Crippen MR) is 155 cm³/mol. The Bertz CT molecular complexity index is 1220. The average Bonchev–Trinajstić information content (AvgIpc) is 3.58. The Hall–Kier alpha value is -2.95. The summed E-state index contributed by atoms with van der Waals surface area (Å²) in [5.41, 5.74) is 0.457. The fourth-order valence-corrected chi connectivity index (χ4v) is 7.72. The number of aliphatic hydroxyl groups is 1. The quantitative estimate of drug-likeness (QED) is 0.258. The van der Waals surface area contributed by atoms with E-state index < -0.39 is 66.2 Å². The summed E-state index contributed by atoms with van der Waals surface area (Å²) < 4.78 is 35.2. The first kappa shape index (κ1) is 31.5. The zero-order valence-corrected chi connectivity index (χ0v) is 25.8. The Labute approximate surface area is 253 Å². The van der Waals surface area contributed by atoms with Gasteiger partial charge in [-0.15, -0.1) is 0 Å². The first-order chi connectivity index (χ1) is 20.5. The van der Waals surface area contributed by atoms with Gasteiger partial charge in [0.25, 0.3) is 0 Å². The van der Waals surface area contributed by atoms with Crippen molar-refractivity contribution in [1.82, 2.24) is 0 Å². The topological polar surface area (TPSA) is 127 Å². The molecule has 1 saturated heterocycles. The van der Waals surface area contributed by atoms with E-state index in [0.29, 0.717) is 18.4 Å². The van der Waals surface area contributed by atoms with Crippen LogP contribution in [0.15, 0.2) is 47.6 Å². The van der Waals surface area contributed by atoms with E-state index in [1.807, 2.05) is 58.1 Å². The zero-order chi connectivity index (χ0) is 31.1. The van der Waals surface area contributed by atoms with E-state index in [1.54, 1.807) is 13.0 Å². The number of carbonyl (C=O) groups excluding carboxylic acids is 3. The van der Waals surface area contributed by atoms with Gasteiger partial charge in [-0.3, -0.25) is 0 Å². The molecule has 5 rings (SSSR count). The van der Waals surface area contributed by atoms with Crippen LogP contribution >= 0.6 is 0 Å². The monoisotopic (exact) mass is 600 g/mol. The number of carbonyl (C=O) groups is 3. The van der Waals surface area contributed by atoms with Crippen molar-refractivity contribution in [2.75, 3.05) is 13.7 Å². The van der Waals surface area contributed by atoms with Crippen LogP contribution in [0.5, 0.6) is 0 Å². The lowest BCUT2D eigenvalue weighted by Crippen LogP contribution is -2.57. The van der Waals surface area contributed by atoms with Crippen molar-refractivity contribution in [2.24, 2.45) is 29.6 Å². The van der Waals surface area contributed by atoms with Crippen molar-refractivity contribution in [3.05, 3.63) is 47.6 Å². The first-order valence-electron chi connectivity index (χ1n) is 15.4. The van der Waals surface area contributed by atoms with Gasteiger partial charge < -0.3 is 33.5 Å². The van der Waals surface area contributed by atoms with Crippen molar-refractivity contribution < 1.29 is 47.9 Å². The Morgan fingerprint density at radius 3 is 2.67 bits per heavy atom. The van der Waals surface area contributed by atoms with Crippen molar-refractivity contribution >= 4 is 18.1 Å². The molecule has 0 aromatic carbocycles. The van der Waals surface area contributed by atoms with E-state index >= 15 is 0 Å². The van der Waals surface area contributed by atoms with Crippen LogP contribution in [0.3, 0.4) is 0 Å². The summed E-state index contributed by atoms with van der Waals surface area (Å²) in [7, 11) is 1.45. The number of hydrogen-bond acceptors (Lipinski definition) is 10. The second-order valence-corrected chi connectivity index (χ2v) is 12.5. The lowest BCUT2D eigenvalue weighted by molar-refractivity contribution is -0.174. The molecule has 0 unspecified atom stereocenters. The van der Waals surface area contributed by atoms with Gasteiger partial charge in [-0.2, -0.15) is 0 Å². The maximum atomic E-state index is 13.5. The van der Waals surface area contributed by atoms with Crippen LogP contribution in [0.2, 0.25) is 0 Å². The number of cyclic esters (lactones) is 1. The number of rotatable bonds is 7. The molecule has 4 bridgehead atoms. The number of hydrogen-bond donors (Lipinski definition) is 1. The number of ether oxygens (including phenoxy) is 6. The Kier molecular flexibility index (Phi) is 9.20. The number of allylic oxidation sites excluding steroid dienone is 3. The van der Waals surface area contributed by atoms with E-state index in [2.05, 4.69) is 0 Å². The van der Waals surface area contributed by atoms with E-state index in [1.165, 1.54) is 7.11 Å². The summed E-state index contributed by atoms with van der Waals surface area (Å²) in [4.78, 5) is 38.8. The first-order valence-corrected chi connectivity index (χ1v) is 15.4. The summed E-state index contributed by atoms with van der Waals surface area (Å²) in [6, 6.07) is 0. The van der Waals surface area contributed by atoms with Gasteiger partial charge in [0.15, 0.2) is 6.10 Å². The molecular formula is C33H44O10.